The van der Waals surface area contributed by atoms with Crippen molar-refractivity contribution in [3.8, 4) is 0 Å². The van der Waals surface area contributed by atoms with Gasteiger partial charge in [0.2, 0.25) is 9.74 Å². The second kappa shape index (κ2) is 10.5. The molecule has 9 aliphatic heterocycles. The second-order valence-corrected chi connectivity index (χ2v) is 20.3. The first-order valence-corrected chi connectivity index (χ1v) is 21.9. The Balaban J connectivity index is 1.39. The summed E-state index contributed by atoms with van der Waals surface area (Å²) in [4.78, 5) is 73.1. The molecule has 54 heavy (non-hydrogen) atoms. The zero-order valence-corrected chi connectivity index (χ0v) is 32.7. The molecule has 3 N–H and O–H groups in total. The zero-order valence-electron chi connectivity index (χ0n) is 29.5. The number of aliphatic hydroxyl groups excluding tert-OH is 1. The maximum Gasteiger partial charge on any atom is 0.407 e. The summed E-state index contributed by atoms with van der Waals surface area (Å²) in [5.41, 5.74) is -2.83. The number of amides is 5. The van der Waals surface area contributed by atoms with E-state index in [1.54, 1.807) is 19.9 Å². The summed E-state index contributed by atoms with van der Waals surface area (Å²) in [6, 6.07) is 6.87. The number of hydrogen-bond donors (Lipinski definition) is 3. The van der Waals surface area contributed by atoms with Crippen LogP contribution >= 0.6 is 43.2 Å². The Labute approximate surface area is 323 Å². The lowest BCUT2D eigenvalue weighted by atomic mass is 9.51. The number of aliphatic hydroxyl groups is 1. The predicted molar refractivity (Wildman–Crippen MR) is 197 cm³/mol. The van der Waals surface area contributed by atoms with Gasteiger partial charge in [-0.3, -0.25) is 24.1 Å². The number of carbonyl (C=O) groups excluding carboxylic acids is 5. The Bertz CT molecular complexity index is 2190. The van der Waals surface area contributed by atoms with Crippen LogP contribution in [0, 0.1) is 11.6 Å². The van der Waals surface area contributed by atoms with E-state index in [9.17, 15) is 14.7 Å². The monoisotopic (exact) mass is 816 g/mol. The van der Waals surface area contributed by atoms with Gasteiger partial charge in [0.15, 0.2) is 15.8 Å². The number of benzene rings is 2. The van der Waals surface area contributed by atoms with E-state index in [2.05, 4.69) is 10.6 Å². The van der Waals surface area contributed by atoms with Crippen molar-refractivity contribution in [2.75, 3.05) is 26.5 Å². The third kappa shape index (κ3) is 3.20. The summed E-state index contributed by atoms with van der Waals surface area (Å²) in [6.45, 7) is 3.58. The van der Waals surface area contributed by atoms with Crippen molar-refractivity contribution in [2.24, 2.45) is 0 Å². The average molecular weight is 817 g/mol. The van der Waals surface area contributed by atoms with Crippen LogP contribution in [0.1, 0.15) is 43.4 Å². The number of nitrogens with one attached hydrogen (secondary N) is 2. The molecule has 0 aromatic heterocycles. The molecule has 10 aliphatic rings. The molecule has 1 aliphatic carbocycles. The maximum atomic E-state index is 16.0. The summed E-state index contributed by atoms with van der Waals surface area (Å²) in [5, 5.41) is 19.5. The van der Waals surface area contributed by atoms with E-state index in [4.69, 9.17) is 4.74 Å². The molecule has 19 heteroatoms. The molecule has 4 bridgehead atoms. The lowest BCUT2D eigenvalue weighted by Crippen LogP contribution is -2.78. The molecule has 10 atom stereocenters. The van der Waals surface area contributed by atoms with Gasteiger partial charge < -0.3 is 35.2 Å². The second-order valence-electron chi connectivity index (χ2n) is 15.0. The SMILES string of the molecule is CC[C@@]12SS[C@]3(C(=O)N1C)[C@@H](O)[C@]1([C@@]45c6cc(F)ccc6N[C@@H]4N4C(=O)[C@]6(CC)SS[C@]4(C(=O)N6C)[C@H]5OC(=O)NC)c4cc(F)ccc4C[C@@H]1N3C2=O. The highest BCUT2D eigenvalue weighted by Gasteiger charge is 2.93. The first-order chi connectivity index (χ1) is 25.7. The van der Waals surface area contributed by atoms with E-state index < -0.39 is 96.1 Å². The Kier molecular flexibility index (Phi) is 6.82. The van der Waals surface area contributed by atoms with Crippen LogP contribution in [0.25, 0.3) is 0 Å². The van der Waals surface area contributed by atoms with Crippen LogP contribution in [0.5, 0.6) is 0 Å². The zero-order chi connectivity index (χ0) is 38.3. The minimum Gasteiger partial charge on any atom is -0.441 e. The fraction of sp³-hybridized carbons (Fsp3) is 0.514. The standard InChI is InChI=1S/C35H34F2N6O7S4/c1-6-30-25(45)42-21-12-15-8-9-16(36)13-18(15)32(21,22(44)34(42,53-51-30)27(47)40(30)4)33-19-14-17(37)10-11-20(19)39-24(33)43-26(46)31(7-2)41(5)28(48)35(43,54-52-31)23(33)50-29(49)38-3/h8-11,13-14,21-24,39,44H,6-7,12H2,1-5H3,(H,38,49)/t21-,22-,23-,24+,30-,31-,32-,33+,34-,35-/m0/s1. The van der Waals surface area contributed by atoms with Gasteiger partial charge in [0.1, 0.15) is 23.9 Å². The molecular formula is C35H34F2N6O7S4. The Hall–Kier alpha value is -3.39. The minimum absolute atomic E-state index is 0.0313. The molecule has 8 fully saturated rings. The van der Waals surface area contributed by atoms with Crippen molar-refractivity contribution < 1.29 is 42.6 Å². The van der Waals surface area contributed by atoms with E-state index in [1.165, 1.54) is 81.9 Å². The quantitative estimate of drug-likeness (QED) is 0.390. The van der Waals surface area contributed by atoms with Crippen molar-refractivity contribution in [2.45, 2.75) is 87.8 Å². The first kappa shape index (κ1) is 35.1. The number of alkyl carbamates (subject to hydrolysis) is 1. The summed E-state index contributed by atoms with van der Waals surface area (Å²) >= 11 is 0. The smallest absolute Gasteiger partial charge is 0.407 e. The van der Waals surface area contributed by atoms with Crippen molar-refractivity contribution in [1.29, 1.82) is 0 Å². The molecule has 9 heterocycles. The number of likely N-dealkylation sites (N-methyl/N-ethyl adjacent to an activating group) is 2. The molecule has 284 valence electrons. The fourth-order valence-corrected chi connectivity index (χ4v) is 19.2. The maximum absolute atomic E-state index is 16.0. The van der Waals surface area contributed by atoms with Crippen LogP contribution in [0.15, 0.2) is 36.4 Å². The summed E-state index contributed by atoms with van der Waals surface area (Å²) < 4.78 is 38.3. The molecular weight excluding hydrogens is 783 g/mol. The lowest BCUT2D eigenvalue weighted by Gasteiger charge is -2.59. The number of piperazine rings is 2. The van der Waals surface area contributed by atoms with Crippen LogP contribution < -0.4 is 10.6 Å². The number of anilines is 1. The average Bonchev–Trinajstić information content (AvgIpc) is 3.81. The van der Waals surface area contributed by atoms with Gasteiger partial charge in [0, 0.05) is 26.8 Å². The van der Waals surface area contributed by atoms with E-state index in [-0.39, 0.29) is 30.4 Å². The molecule has 2 aromatic rings. The lowest BCUT2D eigenvalue weighted by molar-refractivity contribution is -0.168. The topological polar surface area (TPSA) is 152 Å². The third-order valence-corrected chi connectivity index (χ3v) is 21.1. The summed E-state index contributed by atoms with van der Waals surface area (Å²) in [6.07, 6.45) is -5.43. The largest absolute Gasteiger partial charge is 0.441 e. The van der Waals surface area contributed by atoms with E-state index in [0.717, 1.165) is 32.4 Å². The molecule has 0 radical (unpaired) electrons. The highest BCUT2D eigenvalue weighted by atomic mass is 33.1. The van der Waals surface area contributed by atoms with Gasteiger partial charge in [0.25, 0.3) is 23.6 Å². The van der Waals surface area contributed by atoms with E-state index >= 15 is 23.2 Å². The first-order valence-electron chi connectivity index (χ1n) is 17.6. The molecule has 0 saturated carbocycles. The van der Waals surface area contributed by atoms with Crippen molar-refractivity contribution in [3.05, 3.63) is 64.7 Å². The van der Waals surface area contributed by atoms with Gasteiger partial charge in [-0.05, 0) is 87.9 Å². The number of hydrogen-bond acceptors (Lipinski definition) is 12. The van der Waals surface area contributed by atoms with Crippen molar-refractivity contribution >= 4 is 78.6 Å². The van der Waals surface area contributed by atoms with Crippen molar-refractivity contribution in [1.82, 2.24) is 24.9 Å². The molecule has 13 nitrogen and oxygen atoms in total. The van der Waals surface area contributed by atoms with Crippen LogP contribution in [0.3, 0.4) is 0 Å². The summed E-state index contributed by atoms with van der Waals surface area (Å²) in [5.74, 6) is -3.43. The minimum atomic E-state index is -2.04. The Morgan fingerprint density at radius 1 is 0.852 bits per heavy atom. The number of carbonyl (C=O) groups is 5. The third-order valence-electron chi connectivity index (χ3n) is 13.6. The van der Waals surface area contributed by atoms with E-state index in [1.807, 2.05) is 0 Å². The number of halogens is 2. The van der Waals surface area contributed by atoms with Gasteiger partial charge >= 0.3 is 6.09 Å². The molecule has 5 amide bonds. The van der Waals surface area contributed by atoms with Gasteiger partial charge in [-0.25, -0.2) is 13.6 Å². The highest BCUT2D eigenvalue weighted by molar-refractivity contribution is 8.78. The number of ether oxygens (including phenoxy) is 1. The van der Waals surface area contributed by atoms with Gasteiger partial charge in [0.05, 0.1) is 16.9 Å². The molecule has 2 aromatic carbocycles. The highest BCUT2D eigenvalue weighted by Crippen LogP contribution is 2.79. The number of rotatable bonds is 4. The molecule has 8 saturated heterocycles. The molecule has 12 rings (SSSR count). The molecule has 2 spiro atoms. The van der Waals surface area contributed by atoms with Crippen LogP contribution in [0.2, 0.25) is 0 Å². The van der Waals surface area contributed by atoms with Crippen molar-refractivity contribution in [3.63, 3.8) is 0 Å². The fourth-order valence-electron chi connectivity index (χ4n) is 11.3. The predicted octanol–water partition coefficient (Wildman–Crippen LogP) is 2.93. The van der Waals surface area contributed by atoms with Gasteiger partial charge in [-0.2, -0.15) is 0 Å². The number of nitrogens with zero attached hydrogens (tertiary/aromatic N) is 4. The molecule has 0 unspecified atom stereocenters. The van der Waals surface area contributed by atoms with Crippen LogP contribution in [-0.4, -0.2) is 119 Å². The number of fused-ring (bicyclic) bond motifs is 11. The Morgan fingerprint density at radius 3 is 2.06 bits per heavy atom. The van der Waals surface area contributed by atoms with Gasteiger partial charge in [-0.15, -0.1) is 0 Å². The van der Waals surface area contributed by atoms with Crippen LogP contribution in [-0.2, 0) is 41.2 Å². The summed E-state index contributed by atoms with van der Waals surface area (Å²) in [7, 11) is 8.81. The van der Waals surface area contributed by atoms with Gasteiger partial charge in [-0.1, -0.05) is 41.5 Å². The normalized spacial score (nSPS) is 41.8. The van der Waals surface area contributed by atoms with E-state index in [0.29, 0.717) is 11.3 Å². The Morgan fingerprint density at radius 2 is 1.43 bits per heavy atom. The van der Waals surface area contributed by atoms with Crippen LogP contribution in [0.4, 0.5) is 19.3 Å².